The van der Waals surface area contributed by atoms with Crippen molar-refractivity contribution in [3.05, 3.63) is 22.7 Å². The Morgan fingerprint density at radius 3 is 2.40 bits per heavy atom. The lowest BCUT2D eigenvalue weighted by Gasteiger charge is -2.19. The topological polar surface area (TPSA) is 75.6 Å². The van der Waals surface area contributed by atoms with E-state index in [0.717, 1.165) is 0 Å². The Balaban J connectivity index is 3.34. The molecular formula is C13H20ClNO4S. The summed E-state index contributed by atoms with van der Waals surface area (Å²) >= 11 is 5.90. The maximum atomic E-state index is 12.4. The molecular weight excluding hydrogens is 302 g/mol. The zero-order chi connectivity index (χ0) is 15.5. The van der Waals surface area contributed by atoms with E-state index in [1.54, 1.807) is 6.92 Å². The molecule has 1 rings (SSSR count). The van der Waals surface area contributed by atoms with E-state index in [2.05, 4.69) is 4.72 Å². The van der Waals surface area contributed by atoms with Gasteiger partial charge in [0.2, 0.25) is 10.0 Å². The summed E-state index contributed by atoms with van der Waals surface area (Å²) in [4.78, 5) is -0.0657. The van der Waals surface area contributed by atoms with Crippen molar-refractivity contribution in [2.75, 3.05) is 7.11 Å². The lowest BCUT2D eigenvalue weighted by atomic mass is 10.1. The first-order valence-corrected chi connectivity index (χ1v) is 8.08. The molecule has 0 spiro atoms. The Bertz CT molecular complexity index is 572. The molecule has 0 amide bonds. The van der Waals surface area contributed by atoms with E-state index in [0.29, 0.717) is 5.56 Å². The van der Waals surface area contributed by atoms with E-state index in [4.69, 9.17) is 16.3 Å². The average Bonchev–Trinajstić information content (AvgIpc) is 2.36. The molecule has 0 aliphatic heterocycles. The minimum absolute atomic E-state index is 0.0657. The van der Waals surface area contributed by atoms with E-state index in [1.807, 2.05) is 13.8 Å². The monoisotopic (exact) mass is 321 g/mol. The van der Waals surface area contributed by atoms with Gasteiger partial charge in [-0.1, -0.05) is 25.4 Å². The highest BCUT2D eigenvalue weighted by Gasteiger charge is 2.25. The van der Waals surface area contributed by atoms with E-state index < -0.39 is 10.0 Å². The van der Waals surface area contributed by atoms with Crippen molar-refractivity contribution in [2.45, 2.75) is 38.3 Å². The summed E-state index contributed by atoms with van der Waals surface area (Å²) in [7, 11) is -2.42. The average molecular weight is 322 g/mol. The van der Waals surface area contributed by atoms with Gasteiger partial charge >= 0.3 is 0 Å². The molecule has 114 valence electrons. The first kappa shape index (κ1) is 17.2. The van der Waals surface area contributed by atoms with Gasteiger partial charge in [-0.3, -0.25) is 0 Å². The molecule has 0 heterocycles. The second kappa shape index (κ2) is 6.76. The normalized spacial score (nSPS) is 13.6. The molecule has 0 aliphatic carbocycles. The summed E-state index contributed by atoms with van der Waals surface area (Å²) < 4.78 is 32.5. The first-order chi connectivity index (χ1) is 9.22. The van der Waals surface area contributed by atoms with E-state index in [-0.39, 0.29) is 34.2 Å². The van der Waals surface area contributed by atoms with Crippen LogP contribution in [0.25, 0.3) is 0 Å². The number of aliphatic hydroxyl groups is 1. The van der Waals surface area contributed by atoms with Crippen molar-refractivity contribution in [3.8, 4) is 5.75 Å². The molecule has 1 aromatic carbocycles. The Labute approximate surface area is 125 Å². The van der Waals surface area contributed by atoms with Gasteiger partial charge in [0.15, 0.2) is 0 Å². The van der Waals surface area contributed by atoms with Crippen LogP contribution in [0.5, 0.6) is 5.75 Å². The third-order valence-electron chi connectivity index (χ3n) is 3.10. The van der Waals surface area contributed by atoms with Crippen LogP contribution in [-0.2, 0) is 16.6 Å². The number of hydrogen-bond donors (Lipinski definition) is 2. The minimum atomic E-state index is -3.77. The lowest BCUT2D eigenvalue weighted by Crippen LogP contribution is -2.36. The molecule has 7 heteroatoms. The van der Waals surface area contributed by atoms with Crippen molar-refractivity contribution in [2.24, 2.45) is 5.92 Å². The van der Waals surface area contributed by atoms with Crippen LogP contribution >= 0.6 is 11.6 Å². The molecule has 0 aliphatic rings. The number of sulfonamides is 1. The van der Waals surface area contributed by atoms with Gasteiger partial charge in [0, 0.05) is 16.6 Å². The van der Waals surface area contributed by atoms with Crippen molar-refractivity contribution in [1.82, 2.24) is 4.72 Å². The number of methoxy groups -OCH3 is 1. The van der Waals surface area contributed by atoms with Gasteiger partial charge in [0.1, 0.15) is 10.6 Å². The number of hydrogen-bond acceptors (Lipinski definition) is 4. The van der Waals surface area contributed by atoms with Crippen LogP contribution in [-0.4, -0.2) is 26.7 Å². The number of nitrogens with one attached hydrogen (secondary N) is 1. The molecule has 0 aromatic heterocycles. The van der Waals surface area contributed by atoms with Crippen LogP contribution in [0.15, 0.2) is 17.0 Å². The van der Waals surface area contributed by atoms with Crippen molar-refractivity contribution in [1.29, 1.82) is 0 Å². The van der Waals surface area contributed by atoms with Crippen LogP contribution in [0.2, 0.25) is 5.02 Å². The number of aliphatic hydroxyl groups excluding tert-OH is 1. The standard InChI is InChI=1S/C13H20ClNO4S/c1-8(2)9(3)15-20(17,18)12-6-11(14)5-10(7-16)13(12)19-4/h5-6,8-9,15-16H,7H2,1-4H3. The van der Waals surface area contributed by atoms with Crippen LogP contribution in [0.3, 0.4) is 0 Å². The highest BCUT2D eigenvalue weighted by Crippen LogP contribution is 2.32. The molecule has 0 bridgehead atoms. The summed E-state index contributed by atoms with van der Waals surface area (Å²) in [5.41, 5.74) is 0.331. The molecule has 1 unspecified atom stereocenters. The minimum Gasteiger partial charge on any atom is -0.495 e. The van der Waals surface area contributed by atoms with Crippen LogP contribution in [0, 0.1) is 5.92 Å². The molecule has 1 atom stereocenters. The van der Waals surface area contributed by atoms with E-state index >= 15 is 0 Å². The second-order valence-electron chi connectivity index (χ2n) is 4.91. The van der Waals surface area contributed by atoms with Gasteiger partial charge in [-0.25, -0.2) is 13.1 Å². The zero-order valence-corrected chi connectivity index (χ0v) is 13.5. The molecule has 0 saturated carbocycles. The zero-order valence-electron chi connectivity index (χ0n) is 12.0. The highest BCUT2D eigenvalue weighted by molar-refractivity contribution is 7.89. The second-order valence-corrected chi connectivity index (χ2v) is 7.03. The third kappa shape index (κ3) is 3.85. The third-order valence-corrected chi connectivity index (χ3v) is 4.88. The molecule has 0 fully saturated rings. The SMILES string of the molecule is COc1c(CO)cc(Cl)cc1S(=O)(=O)NC(C)C(C)C. The van der Waals surface area contributed by atoms with Crippen LogP contribution in [0.4, 0.5) is 0 Å². The summed E-state index contributed by atoms with van der Waals surface area (Å²) in [5, 5.41) is 9.51. The smallest absolute Gasteiger partial charge is 0.244 e. The Morgan fingerprint density at radius 1 is 1.35 bits per heavy atom. The maximum absolute atomic E-state index is 12.4. The van der Waals surface area contributed by atoms with Gasteiger partial charge in [-0.15, -0.1) is 0 Å². The van der Waals surface area contributed by atoms with Gasteiger partial charge in [0.25, 0.3) is 0 Å². The molecule has 2 N–H and O–H groups in total. The Kier molecular flexibility index (Phi) is 5.82. The Morgan fingerprint density at radius 2 is 1.95 bits per heavy atom. The van der Waals surface area contributed by atoms with Crippen molar-refractivity contribution in [3.63, 3.8) is 0 Å². The van der Waals surface area contributed by atoms with Gasteiger partial charge < -0.3 is 9.84 Å². The maximum Gasteiger partial charge on any atom is 0.244 e. The lowest BCUT2D eigenvalue weighted by molar-refractivity contribution is 0.272. The fourth-order valence-electron chi connectivity index (χ4n) is 1.62. The quantitative estimate of drug-likeness (QED) is 0.842. The molecule has 1 aromatic rings. The predicted octanol–water partition coefficient (Wildman–Crippen LogP) is 2.16. The van der Waals surface area contributed by atoms with Crippen LogP contribution < -0.4 is 9.46 Å². The fourth-order valence-corrected chi connectivity index (χ4v) is 3.55. The van der Waals surface area contributed by atoms with E-state index in [1.165, 1.54) is 19.2 Å². The van der Waals surface area contributed by atoms with Crippen LogP contribution in [0.1, 0.15) is 26.3 Å². The summed E-state index contributed by atoms with van der Waals surface area (Å²) in [6.45, 7) is 5.27. The number of benzene rings is 1. The van der Waals surface area contributed by atoms with Gasteiger partial charge in [-0.05, 0) is 25.0 Å². The number of ether oxygens (including phenoxy) is 1. The van der Waals surface area contributed by atoms with Crippen molar-refractivity contribution >= 4 is 21.6 Å². The molecule has 0 radical (unpaired) electrons. The predicted molar refractivity (Wildman–Crippen MR) is 78.5 cm³/mol. The van der Waals surface area contributed by atoms with Crippen molar-refractivity contribution < 1.29 is 18.3 Å². The molecule has 20 heavy (non-hydrogen) atoms. The van der Waals surface area contributed by atoms with Gasteiger partial charge in [-0.2, -0.15) is 0 Å². The summed E-state index contributed by atoms with van der Waals surface area (Å²) in [6.07, 6.45) is 0. The largest absolute Gasteiger partial charge is 0.495 e. The fraction of sp³-hybridized carbons (Fsp3) is 0.538. The van der Waals surface area contributed by atoms with Gasteiger partial charge in [0.05, 0.1) is 13.7 Å². The summed E-state index contributed by atoms with van der Waals surface area (Å²) in [5.74, 6) is 0.257. The Hall–Kier alpha value is -0.820. The van der Waals surface area contributed by atoms with E-state index in [9.17, 15) is 13.5 Å². The number of rotatable bonds is 6. The number of halogens is 1. The molecule has 0 saturated heterocycles. The summed E-state index contributed by atoms with van der Waals surface area (Å²) in [6, 6.07) is 2.56. The first-order valence-electron chi connectivity index (χ1n) is 6.22. The highest BCUT2D eigenvalue weighted by atomic mass is 35.5. The molecule has 5 nitrogen and oxygen atoms in total.